The summed E-state index contributed by atoms with van der Waals surface area (Å²) in [6.45, 7) is 3.65. The number of nitrogens with zero attached hydrogens (tertiary/aromatic N) is 3. The standard InChI is InChI=1S/C12H19N3O2S/c1-16-8-12-4-2-6-17-10(12)3-5-15(7-12)11-14-13-9-18-11/h9-10H,2-8H2,1H3/t10-,12-/m1/s1. The number of hydrogen-bond donors (Lipinski definition) is 0. The van der Waals surface area contributed by atoms with Crippen LogP contribution in [0.5, 0.6) is 0 Å². The molecule has 0 bridgehead atoms. The molecule has 1 aromatic rings. The van der Waals surface area contributed by atoms with Crippen LogP contribution >= 0.6 is 11.3 Å². The lowest BCUT2D eigenvalue weighted by Gasteiger charge is -2.50. The average molecular weight is 269 g/mol. The summed E-state index contributed by atoms with van der Waals surface area (Å²) in [4.78, 5) is 2.34. The molecular weight excluding hydrogens is 250 g/mol. The first-order chi connectivity index (χ1) is 8.84. The van der Waals surface area contributed by atoms with Gasteiger partial charge in [0.25, 0.3) is 0 Å². The Morgan fingerprint density at radius 2 is 2.61 bits per heavy atom. The van der Waals surface area contributed by atoms with Gasteiger partial charge in [-0.05, 0) is 19.3 Å². The van der Waals surface area contributed by atoms with Gasteiger partial charge in [-0.25, -0.2) is 0 Å². The number of ether oxygens (including phenoxy) is 2. The normalized spacial score (nSPS) is 32.3. The van der Waals surface area contributed by atoms with E-state index in [0.29, 0.717) is 6.10 Å². The molecule has 2 aliphatic heterocycles. The van der Waals surface area contributed by atoms with Crippen LogP contribution in [-0.4, -0.2) is 49.7 Å². The lowest BCUT2D eigenvalue weighted by molar-refractivity contribution is -0.119. The number of methoxy groups -OCH3 is 1. The lowest BCUT2D eigenvalue weighted by atomic mass is 9.73. The van der Waals surface area contributed by atoms with Crippen LogP contribution in [0.2, 0.25) is 0 Å². The van der Waals surface area contributed by atoms with Crippen LogP contribution in [0, 0.1) is 5.41 Å². The molecule has 6 heteroatoms. The van der Waals surface area contributed by atoms with Gasteiger partial charge in [-0.3, -0.25) is 0 Å². The van der Waals surface area contributed by atoms with E-state index in [1.807, 2.05) is 0 Å². The lowest BCUT2D eigenvalue weighted by Crippen LogP contribution is -2.57. The molecule has 0 N–H and O–H groups in total. The Labute approximate surface area is 111 Å². The molecule has 100 valence electrons. The van der Waals surface area contributed by atoms with Gasteiger partial charge >= 0.3 is 0 Å². The van der Waals surface area contributed by atoms with E-state index in [4.69, 9.17) is 9.47 Å². The Morgan fingerprint density at radius 1 is 1.67 bits per heavy atom. The van der Waals surface area contributed by atoms with Gasteiger partial charge in [-0.2, -0.15) is 0 Å². The number of rotatable bonds is 3. The molecule has 5 nitrogen and oxygen atoms in total. The van der Waals surface area contributed by atoms with E-state index in [0.717, 1.165) is 44.3 Å². The second-order valence-electron chi connectivity index (χ2n) is 5.19. The van der Waals surface area contributed by atoms with E-state index in [2.05, 4.69) is 15.1 Å². The Kier molecular flexibility index (Phi) is 3.50. The molecule has 0 radical (unpaired) electrons. The molecule has 0 aromatic carbocycles. The molecule has 0 spiro atoms. The van der Waals surface area contributed by atoms with Crippen molar-refractivity contribution in [3.63, 3.8) is 0 Å². The predicted octanol–water partition coefficient (Wildman–Crippen LogP) is 1.56. The topological polar surface area (TPSA) is 47.5 Å². The zero-order chi connectivity index (χ0) is 12.4. The van der Waals surface area contributed by atoms with Crippen molar-refractivity contribution in [2.75, 3.05) is 38.3 Å². The minimum atomic E-state index is 0.136. The number of aromatic nitrogens is 2. The van der Waals surface area contributed by atoms with Crippen LogP contribution < -0.4 is 4.90 Å². The Hall–Kier alpha value is -0.720. The molecule has 18 heavy (non-hydrogen) atoms. The maximum atomic E-state index is 5.96. The van der Waals surface area contributed by atoms with Crippen molar-refractivity contribution in [1.29, 1.82) is 0 Å². The van der Waals surface area contributed by atoms with Crippen LogP contribution in [0.25, 0.3) is 0 Å². The quantitative estimate of drug-likeness (QED) is 0.833. The van der Waals surface area contributed by atoms with Gasteiger partial charge in [0.15, 0.2) is 0 Å². The molecule has 2 aliphatic rings. The minimum absolute atomic E-state index is 0.136. The summed E-state index contributed by atoms with van der Waals surface area (Å²) in [6, 6.07) is 0. The molecule has 0 aliphatic carbocycles. The molecule has 0 amide bonds. The van der Waals surface area contributed by atoms with Gasteiger partial charge < -0.3 is 14.4 Å². The van der Waals surface area contributed by atoms with Gasteiger partial charge in [0, 0.05) is 32.2 Å². The second-order valence-corrected chi connectivity index (χ2v) is 6.00. The maximum Gasteiger partial charge on any atom is 0.208 e. The van der Waals surface area contributed by atoms with Crippen LogP contribution in [0.3, 0.4) is 0 Å². The fraction of sp³-hybridized carbons (Fsp3) is 0.833. The van der Waals surface area contributed by atoms with Gasteiger partial charge in [0.1, 0.15) is 5.51 Å². The van der Waals surface area contributed by atoms with Crippen LogP contribution in [0.15, 0.2) is 5.51 Å². The van der Waals surface area contributed by atoms with Crippen molar-refractivity contribution in [2.24, 2.45) is 5.41 Å². The molecule has 2 saturated heterocycles. The third-order valence-corrected chi connectivity index (χ3v) is 4.79. The van der Waals surface area contributed by atoms with Crippen LogP contribution in [-0.2, 0) is 9.47 Å². The van der Waals surface area contributed by atoms with Crippen molar-refractivity contribution < 1.29 is 9.47 Å². The monoisotopic (exact) mass is 269 g/mol. The van der Waals surface area contributed by atoms with E-state index in [-0.39, 0.29) is 5.41 Å². The van der Waals surface area contributed by atoms with Gasteiger partial charge in [0.05, 0.1) is 12.7 Å². The molecular formula is C12H19N3O2S. The average Bonchev–Trinajstić information content (AvgIpc) is 2.92. The zero-order valence-electron chi connectivity index (χ0n) is 10.7. The maximum absolute atomic E-state index is 5.96. The van der Waals surface area contributed by atoms with Crippen molar-refractivity contribution in [1.82, 2.24) is 10.2 Å². The van der Waals surface area contributed by atoms with Gasteiger partial charge in [-0.1, -0.05) is 11.3 Å². The fourth-order valence-corrected chi connectivity index (χ4v) is 3.84. The van der Waals surface area contributed by atoms with Crippen molar-refractivity contribution >= 4 is 16.5 Å². The fourth-order valence-electron chi connectivity index (χ4n) is 3.26. The summed E-state index contributed by atoms with van der Waals surface area (Å²) >= 11 is 1.61. The summed E-state index contributed by atoms with van der Waals surface area (Å²) in [5.74, 6) is 0. The highest BCUT2D eigenvalue weighted by atomic mass is 32.1. The third kappa shape index (κ3) is 2.13. The number of anilines is 1. The van der Waals surface area contributed by atoms with E-state index >= 15 is 0 Å². The molecule has 1 aromatic heterocycles. The Bertz CT molecular complexity index is 383. The third-order valence-electron chi connectivity index (χ3n) is 4.04. The molecule has 2 atom stereocenters. The largest absolute Gasteiger partial charge is 0.384 e. The zero-order valence-corrected chi connectivity index (χ0v) is 11.5. The second kappa shape index (κ2) is 5.11. The predicted molar refractivity (Wildman–Crippen MR) is 70.0 cm³/mol. The Balaban J connectivity index is 1.80. The van der Waals surface area contributed by atoms with Gasteiger partial charge in [-0.15, -0.1) is 10.2 Å². The van der Waals surface area contributed by atoms with E-state index in [1.54, 1.807) is 24.0 Å². The van der Waals surface area contributed by atoms with Crippen molar-refractivity contribution in [3.05, 3.63) is 5.51 Å². The van der Waals surface area contributed by atoms with E-state index in [9.17, 15) is 0 Å². The summed E-state index contributed by atoms with van der Waals surface area (Å²) < 4.78 is 11.4. The first-order valence-corrected chi connectivity index (χ1v) is 7.34. The van der Waals surface area contributed by atoms with Crippen molar-refractivity contribution in [3.8, 4) is 0 Å². The highest BCUT2D eigenvalue weighted by molar-refractivity contribution is 7.13. The summed E-state index contributed by atoms with van der Waals surface area (Å²) in [7, 11) is 1.78. The van der Waals surface area contributed by atoms with Crippen LogP contribution in [0.4, 0.5) is 5.13 Å². The summed E-state index contributed by atoms with van der Waals surface area (Å²) in [6.07, 6.45) is 3.71. The van der Waals surface area contributed by atoms with Gasteiger partial charge in [0.2, 0.25) is 5.13 Å². The van der Waals surface area contributed by atoms with E-state index in [1.165, 1.54) is 6.42 Å². The SMILES string of the molecule is COC[C@]12CCCO[C@@H]1CCN(c1nncs1)C2. The first-order valence-electron chi connectivity index (χ1n) is 6.46. The molecule has 3 rings (SSSR count). The molecule has 0 unspecified atom stereocenters. The molecule has 2 fully saturated rings. The minimum Gasteiger partial charge on any atom is -0.384 e. The van der Waals surface area contributed by atoms with Crippen molar-refractivity contribution in [2.45, 2.75) is 25.4 Å². The number of piperidine rings is 1. The number of fused-ring (bicyclic) bond motifs is 1. The van der Waals surface area contributed by atoms with E-state index < -0.39 is 0 Å². The number of hydrogen-bond acceptors (Lipinski definition) is 6. The molecule has 3 heterocycles. The first kappa shape index (κ1) is 12.3. The van der Waals surface area contributed by atoms with Crippen LogP contribution in [0.1, 0.15) is 19.3 Å². The molecule has 0 saturated carbocycles. The summed E-state index contributed by atoms with van der Waals surface area (Å²) in [5.41, 5.74) is 1.93. The Morgan fingerprint density at radius 3 is 3.39 bits per heavy atom. The highest BCUT2D eigenvalue weighted by Crippen LogP contribution is 2.41. The smallest absolute Gasteiger partial charge is 0.208 e. The summed E-state index contributed by atoms with van der Waals surface area (Å²) in [5, 5.41) is 9.14. The highest BCUT2D eigenvalue weighted by Gasteiger charge is 2.46.